The summed E-state index contributed by atoms with van der Waals surface area (Å²) >= 11 is 0. The zero-order chi connectivity index (χ0) is 20.4. The number of aryl methyl sites for hydroxylation is 2. The number of likely N-dealkylation sites (tertiary alicyclic amines) is 2. The van der Waals surface area contributed by atoms with E-state index in [0.29, 0.717) is 32.0 Å². The molecule has 2 amide bonds. The second kappa shape index (κ2) is 8.51. The molecule has 1 aliphatic carbocycles. The number of piperidine rings is 2. The quantitative estimate of drug-likeness (QED) is 0.836. The Balaban J connectivity index is 1.31. The molecule has 0 bridgehead atoms. The van der Waals surface area contributed by atoms with Crippen LogP contribution in [-0.2, 0) is 27.2 Å². The van der Waals surface area contributed by atoms with Crippen LogP contribution in [0.4, 0.5) is 0 Å². The Bertz CT molecular complexity index is 801. The van der Waals surface area contributed by atoms with Crippen molar-refractivity contribution in [2.45, 2.75) is 57.3 Å². The van der Waals surface area contributed by atoms with Gasteiger partial charge in [-0.3, -0.25) is 19.4 Å². The Hall–Kier alpha value is -2.44. The highest BCUT2D eigenvalue weighted by Gasteiger charge is 2.35. The van der Waals surface area contributed by atoms with E-state index in [9.17, 15) is 14.4 Å². The summed E-state index contributed by atoms with van der Waals surface area (Å²) in [6, 6.07) is 4.41. The van der Waals surface area contributed by atoms with Gasteiger partial charge in [0.05, 0.1) is 0 Å². The number of aromatic nitrogens is 1. The Morgan fingerprint density at radius 1 is 1.07 bits per heavy atom. The van der Waals surface area contributed by atoms with Crippen LogP contribution < -0.4 is 0 Å². The molecule has 0 saturated carbocycles. The van der Waals surface area contributed by atoms with Crippen LogP contribution in [0.25, 0.3) is 0 Å². The van der Waals surface area contributed by atoms with Crippen LogP contribution in [0, 0.1) is 5.92 Å². The number of amides is 2. The lowest BCUT2D eigenvalue weighted by Crippen LogP contribution is -2.48. The van der Waals surface area contributed by atoms with Crippen LogP contribution >= 0.6 is 0 Å². The molecule has 2 saturated heterocycles. The van der Waals surface area contributed by atoms with E-state index in [1.165, 1.54) is 29.0 Å². The largest absolute Gasteiger partial charge is 0.480 e. The molecule has 1 aromatic heterocycles. The van der Waals surface area contributed by atoms with Crippen molar-refractivity contribution < 1.29 is 19.5 Å². The van der Waals surface area contributed by atoms with Crippen molar-refractivity contribution in [3.63, 3.8) is 0 Å². The third-order valence-corrected chi connectivity index (χ3v) is 6.62. The van der Waals surface area contributed by atoms with Crippen molar-refractivity contribution in [2.75, 3.05) is 26.2 Å². The number of hydrogen-bond donors (Lipinski definition) is 1. The van der Waals surface area contributed by atoms with E-state index in [2.05, 4.69) is 12.1 Å². The number of fused-ring (bicyclic) bond motifs is 1. The molecule has 7 heteroatoms. The number of rotatable bonds is 4. The molecule has 29 heavy (non-hydrogen) atoms. The summed E-state index contributed by atoms with van der Waals surface area (Å²) in [5.74, 6) is -1.12. The standard InChI is InChI=1S/C22H29N3O4/c26-20-13-17(9-12-25(20)14-21(27)28)22(29)24-10-7-16(8-11-24)19-6-5-15-3-1-2-4-18(15)23-19/h5-6,16-17H,1-4,7-14H2,(H,27,28). The lowest BCUT2D eigenvalue weighted by molar-refractivity contribution is -0.150. The number of carboxylic acid groups (broad SMARTS) is 1. The zero-order valence-corrected chi connectivity index (χ0v) is 16.8. The van der Waals surface area contributed by atoms with Crippen LogP contribution in [-0.4, -0.2) is 63.9 Å². The minimum Gasteiger partial charge on any atom is -0.480 e. The summed E-state index contributed by atoms with van der Waals surface area (Å²) in [4.78, 5) is 44.0. The van der Waals surface area contributed by atoms with E-state index in [4.69, 9.17) is 10.1 Å². The fourth-order valence-electron chi connectivity index (χ4n) is 4.90. The van der Waals surface area contributed by atoms with Crippen LogP contribution in [0.3, 0.4) is 0 Å². The molecule has 4 rings (SSSR count). The Morgan fingerprint density at radius 3 is 2.55 bits per heavy atom. The summed E-state index contributed by atoms with van der Waals surface area (Å²) < 4.78 is 0. The molecule has 3 heterocycles. The number of carboxylic acids is 1. The Morgan fingerprint density at radius 2 is 1.83 bits per heavy atom. The van der Waals surface area contributed by atoms with Crippen molar-refractivity contribution in [2.24, 2.45) is 5.92 Å². The fraction of sp³-hybridized carbons (Fsp3) is 0.636. The highest BCUT2D eigenvalue weighted by Crippen LogP contribution is 2.31. The van der Waals surface area contributed by atoms with E-state index in [1.54, 1.807) is 0 Å². The molecule has 2 fully saturated rings. The molecule has 1 N–H and O–H groups in total. The number of aliphatic carboxylic acids is 1. The van der Waals surface area contributed by atoms with Gasteiger partial charge in [0.15, 0.2) is 0 Å². The maximum Gasteiger partial charge on any atom is 0.323 e. The molecule has 1 unspecified atom stereocenters. The van der Waals surface area contributed by atoms with Gasteiger partial charge in [-0.15, -0.1) is 0 Å². The van der Waals surface area contributed by atoms with Crippen LogP contribution in [0.5, 0.6) is 0 Å². The molecule has 0 radical (unpaired) electrons. The lowest BCUT2D eigenvalue weighted by Gasteiger charge is -2.36. The first kappa shape index (κ1) is 19.9. The average molecular weight is 399 g/mol. The summed E-state index contributed by atoms with van der Waals surface area (Å²) in [6.45, 7) is 1.47. The van der Waals surface area contributed by atoms with Gasteiger partial charge in [-0.1, -0.05) is 6.07 Å². The topological polar surface area (TPSA) is 90.8 Å². The summed E-state index contributed by atoms with van der Waals surface area (Å²) in [6.07, 6.45) is 7.18. The van der Waals surface area contributed by atoms with E-state index in [0.717, 1.165) is 31.4 Å². The molecule has 1 atom stereocenters. The van der Waals surface area contributed by atoms with Gasteiger partial charge >= 0.3 is 5.97 Å². The third kappa shape index (κ3) is 4.43. The average Bonchev–Trinajstić information content (AvgIpc) is 2.74. The minimum atomic E-state index is -1.01. The van der Waals surface area contributed by atoms with E-state index >= 15 is 0 Å². The van der Waals surface area contributed by atoms with Gasteiger partial charge in [0.2, 0.25) is 11.8 Å². The normalized spacial score (nSPS) is 23.0. The van der Waals surface area contributed by atoms with E-state index < -0.39 is 5.97 Å². The SMILES string of the molecule is O=C(O)CN1CCC(C(=O)N2CCC(c3ccc4c(n3)CCCC4)CC2)CC1=O. The van der Waals surface area contributed by atoms with Crippen molar-refractivity contribution >= 4 is 17.8 Å². The summed E-state index contributed by atoms with van der Waals surface area (Å²) in [5, 5.41) is 8.87. The molecule has 7 nitrogen and oxygen atoms in total. The van der Waals surface area contributed by atoms with Crippen molar-refractivity contribution in [1.82, 2.24) is 14.8 Å². The lowest BCUT2D eigenvalue weighted by atomic mass is 9.89. The molecular weight excluding hydrogens is 370 g/mol. The van der Waals surface area contributed by atoms with Gasteiger partial charge in [0.25, 0.3) is 0 Å². The second-order valence-electron chi connectivity index (χ2n) is 8.55. The number of pyridine rings is 1. The van der Waals surface area contributed by atoms with Gasteiger partial charge < -0.3 is 14.9 Å². The van der Waals surface area contributed by atoms with Crippen molar-refractivity contribution in [1.29, 1.82) is 0 Å². The maximum atomic E-state index is 12.9. The predicted octanol–water partition coefficient (Wildman–Crippen LogP) is 1.99. The summed E-state index contributed by atoms with van der Waals surface area (Å²) in [5.41, 5.74) is 3.82. The van der Waals surface area contributed by atoms with Gasteiger partial charge in [0, 0.05) is 49.3 Å². The fourth-order valence-corrected chi connectivity index (χ4v) is 4.90. The van der Waals surface area contributed by atoms with Gasteiger partial charge in [-0.25, -0.2) is 0 Å². The second-order valence-corrected chi connectivity index (χ2v) is 8.55. The number of carbonyl (C=O) groups is 3. The number of nitrogens with zero attached hydrogens (tertiary/aromatic N) is 3. The smallest absolute Gasteiger partial charge is 0.323 e. The van der Waals surface area contributed by atoms with E-state index in [1.807, 2.05) is 4.90 Å². The first-order chi connectivity index (χ1) is 14.0. The first-order valence-electron chi connectivity index (χ1n) is 10.8. The molecule has 1 aromatic rings. The van der Waals surface area contributed by atoms with Crippen molar-refractivity contribution in [3.8, 4) is 0 Å². The van der Waals surface area contributed by atoms with Crippen LogP contribution in [0.2, 0.25) is 0 Å². The third-order valence-electron chi connectivity index (χ3n) is 6.62. The van der Waals surface area contributed by atoms with Gasteiger partial charge in [0.1, 0.15) is 6.54 Å². The number of hydrogen-bond acceptors (Lipinski definition) is 4. The molecule has 0 aromatic carbocycles. The van der Waals surface area contributed by atoms with Gasteiger partial charge in [-0.05, 0) is 56.6 Å². The Labute approximate surface area is 171 Å². The number of carbonyl (C=O) groups excluding carboxylic acids is 2. The molecule has 3 aliphatic rings. The molecule has 2 aliphatic heterocycles. The highest BCUT2D eigenvalue weighted by molar-refractivity contribution is 5.88. The minimum absolute atomic E-state index is 0.0465. The zero-order valence-electron chi connectivity index (χ0n) is 16.8. The molecular formula is C22H29N3O4. The maximum absolute atomic E-state index is 12.9. The Kier molecular flexibility index (Phi) is 5.83. The molecule has 156 valence electrons. The first-order valence-corrected chi connectivity index (χ1v) is 10.8. The van der Waals surface area contributed by atoms with E-state index in [-0.39, 0.29) is 30.7 Å². The van der Waals surface area contributed by atoms with Crippen molar-refractivity contribution in [3.05, 3.63) is 29.1 Å². The molecule has 0 spiro atoms. The highest BCUT2D eigenvalue weighted by atomic mass is 16.4. The van der Waals surface area contributed by atoms with Gasteiger partial charge in [-0.2, -0.15) is 0 Å². The summed E-state index contributed by atoms with van der Waals surface area (Å²) in [7, 11) is 0. The monoisotopic (exact) mass is 399 g/mol. The predicted molar refractivity (Wildman–Crippen MR) is 106 cm³/mol. The van der Waals surface area contributed by atoms with Crippen LogP contribution in [0.15, 0.2) is 12.1 Å². The van der Waals surface area contributed by atoms with Crippen LogP contribution in [0.1, 0.15) is 61.4 Å².